The Hall–Kier alpha value is -1.14. The van der Waals surface area contributed by atoms with E-state index < -0.39 is 24.0 Å². The molecule has 0 aliphatic carbocycles. The number of hydrogen-bond donors (Lipinski definition) is 4. The second-order valence-corrected chi connectivity index (χ2v) is 3.06. The van der Waals surface area contributed by atoms with Gasteiger partial charge in [0.25, 0.3) is 0 Å². The van der Waals surface area contributed by atoms with Crippen molar-refractivity contribution in [2.75, 3.05) is 7.05 Å². The third kappa shape index (κ3) is 4.78. The second-order valence-electron chi connectivity index (χ2n) is 3.06. The van der Waals surface area contributed by atoms with Gasteiger partial charge in [-0.1, -0.05) is 0 Å². The van der Waals surface area contributed by atoms with Gasteiger partial charge in [0.2, 0.25) is 0 Å². The van der Waals surface area contributed by atoms with E-state index in [1.54, 1.807) is 7.05 Å². The lowest BCUT2D eigenvalue weighted by Gasteiger charge is -2.11. The van der Waals surface area contributed by atoms with Gasteiger partial charge in [-0.05, 0) is 26.3 Å². The van der Waals surface area contributed by atoms with E-state index in [1.807, 2.05) is 0 Å². The number of nitrogens with two attached hydrogens (primary N) is 1. The van der Waals surface area contributed by atoms with Crippen molar-refractivity contribution in [3.05, 3.63) is 0 Å². The Morgan fingerprint density at radius 3 is 2.21 bits per heavy atom. The average Bonchev–Trinajstić information content (AvgIpc) is 2.11. The zero-order chi connectivity index (χ0) is 11.1. The van der Waals surface area contributed by atoms with Crippen LogP contribution in [0, 0.1) is 0 Å². The maximum atomic E-state index is 10.5. The molecular weight excluding hydrogens is 188 g/mol. The number of aliphatic carboxylic acids is 2. The summed E-state index contributed by atoms with van der Waals surface area (Å²) in [5.74, 6) is -1.99. The molecule has 0 rings (SSSR count). The standard InChI is InChI=1S/C8H16N2O4/c1-10-6(8(13)14)4-2-3-5(9)7(11)12/h5-6,10H,2-4,9H2,1H3,(H,11,12)(H,13,14). The minimum Gasteiger partial charge on any atom is -0.480 e. The van der Waals surface area contributed by atoms with Crippen molar-refractivity contribution in [2.24, 2.45) is 5.73 Å². The molecule has 0 saturated carbocycles. The Balaban J connectivity index is 3.71. The van der Waals surface area contributed by atoms with Crippen LogP contribution < -0.4 is 11.1 Å². The number of rotatable bonds is 7. The van der Waals surface area contributed by atoms with Crippen molar-refractivity contribution >= 4 is 11.9 Å². The van der Waals surface area contributed by atoms with Gasteiger partial charge in [-0.2, -0.15) is 0 Å². The first-order valence-electron chi connectivity index (χ1n) is 4.37. The van der Waals surface area contributed by atoms with Gasteiger partial charge in [0.1, 0.15) is 12.1 Å². The van der Waals surface area contributed by atoms with Crippen molar-refractivity contribution < 1.29 is 19.8 Å². The van der Waals surface area contributed by atoms with Crippen molar-refractivity contribution in [1.29, 1.82) is 0 Å². The van der Waals surface area contributed by atoms with E-state index >= 15 is 0 Å². The molecule has 0 fully saturated rings. The summed E-state index contributed by atoms with van der Waals surface area (Å²) in [5.41, 5.74) is 5.25. The highest BCUT2D eigenvalue weighted by atomic mass is 16.4. The summed E-state index contributed by atoms with van der Waals surface area (Å²) in [4.78, 5) is 20.9. The molecule has 0 aliphatic rings. The Labute approximate surface area is 82.1 Å². The molecular formula is C8H16N2O4. The average molecular weight is 204 g/mol. The quantitative estimate of drug-likeness (QED) is 0.433. The van der Waals surface area contributed by atoms with Crippen LogP contribution in [0.5, 0.6) is 0 Å². The van der Waals surface area contributed by atoms with Crippen molar-refractivity contribution in [1.82, 2.24) is 5.32 Å². The van der Waals surface area contributed by atoms with Crippen molar-refractivity contribution in [3.8, 4) is 0 Å². The number of carboxylic acids is 2. The zero-order valence-electron chi connectivity index (χ0n) is 8.06. The van der Waals surface area contributed by atoms with Gasteiger partial charge in [0.05, 0.1) is 0 Å². The summed E-state index contributed by atoms with van der Waals surface area (Å²) in [5, 5.41) is 19.7. The Morgan fingerprint density at radius 2 is 1.86 bits per heavy atom. The summed E-state index contributed by atoms with van der Waals surface area (Å²) in [6.45, 7) is 0. The van der Waals surface area contributed by atoms with Crippen LogP contribution in [0.1, 0.15) is 19.3 Å². The molecule has 0 aromatic heterocycles. The molecule has 6 nitrogen and oxygen atoms in total. The van der Waals surface area contributed by atoms with E-state index in [4.69, 9.17) is 15.9 Å². The molecule has 2 atom stereocenters. The van der Waals surface area contributed by atoms with Crippen LogP contribution in [-0.4, -0.2) is 41.3 Å². The first kappa shape index (κ1) is 12.9. The van der Waals surface area contributed by atoms with E-state index in [2.05, 4.69) is 5.32 Å². The lowest BCUT2D eigenvalue weighted by Crippen LogP contribution is -2.35. The molecule has 0 saturated heterocycles. The van der Waals surface area contributed by atoms with Crippen molar-refractivity contribution in [2.45, 2.75) is 31.3 Å². The van der Waals surface area contributed by atoms with Gasteiger partial charge in [-0.25, -0.2) is 0 Å². The molecule has 5 N–H and O–H groups in total. The molecule has 0 spiro atoms. The third-order valence-corrected chi connectivity index (χ3v) is 1.97. The van der Waals surface area contributed by atoms with Gasteiger partial charge in [-0.15, -0.1) is 0 Å². The minimum atomic E-state index is -1.05. The van der Waals surface area contributed by atoms with Gasteiger partial charge < -0.3 is 21.3 Å². The predicted molar refractivity (Wildman–Crippen MR) is 49.9 cm³/mol. The molecule has 82 valence electrons. The lowest BCUT2D eigenvalue weighted by atomic mass is 10.1. The molecule has 0 radical (unpaired) electrons. The lowest BCUT2D eigenvalue weighted by molar-refractivity contribution is -0.139. The highest BCUT2D eigenvalue weighted by Crippen LogP contribution is 2.03. The zero-order valence-corrected chi connectivity index (χ0v) is 8.06. The van der Waals surface area contributed by atoms with E-state index in [-0.39, 0.29) is 0 Å². The number of carboxylic acid groups (broad SMARTS) is 2. The third-order valence-electron chi connectivity index (χ3n) is 1.97. The summed E-state index contributed by atoms with van der Waals surface area (Å²) in [7, 11) is 1.55. The SMILES string of the molecule is CNC(CCCC(N)C(=O)O)C(=O)O. The summed E-state index contributed by atoms with van der Waals surface area (Å²) in [6, 6.07) is -1.53. The van der Waals surface area contributed by atoms with Crippen LogP contribution in [-0.2, 0) is 9.59 Å². The summed E-state index contributed by atoms with van der Waals surface area (Å²) < 4.78 is 0. The minimum absolute atomic E-state index is 0.292. The Morgan fingerprint density at radius 1 is 1.29 bits per heavy atom. The van der Waals surface area contributed by atoms with Gasteiger partial charge in [-0.3, -0.25) is 9.59 Å². The highest BCUT2D eigenvalue weighted by Gasteiger charge is 2.16. The number of likely N-dealkylation sites (N-methyl/N-ethyl adjacent to an activating group) is 1. The smallest absolute Gasteiger partial charge is 0.320 e. The van der Waals surface area contributed by atoms with E-state index in [9.17, 15) is 9.59 Å². The topological polar surface area (TPSA) is 113 Å². The fourth-order valence-corrected chi connectivity index (χ4v) is 1.06. The van der Waals surface area contributed by atoms with Crippen LogP contribution >= 0.6 is 0 Å². The van der Waals surface area contributed by atoms with Crippen LogP contribution in [0.15, 0.2) is 0 Å². The Bertz CT molecular complexity index is 208. The summed E-state index contributed by atoms with van der Waals surface area (Å²) >= 11 is 0. The molecule has 2 unspecified atom stereocenters. The maximum absolute atomic E-state index is 10.5. The van der Waals surface area contributed by atoms with Gasteiger partial charge >= 0.3 is 11.9 Å². The fourth-order valence-electron chi connectivity index (χ4n) is 1.06. The van der Waals surface area contributed by atoms with E-state index in [0.717, 1.165) is 0 Å². The largest absolute Gasteiger partial charge is 0.480 e. The number of nitrogens with one attached hydrogen (secondary N) is 1. The predicted octanol–water partition coefficient (Wildman–Crippen LogP) is -0.759. The molecule has 0 aromatic carbocycles. The molecule has 14 heavy (non-hydrogen) atoms. The van der Waals surface area contributed by atoms with Crippen LogP contribution in [0.3, 0.4) is 0 Å². The molecule has 6 heteroatoms. The normalized spacial score (nSPS) is 14.7. The van der Waals surface area contributed by atoms with E-state index in [0.29, 0.717) is 19.3 Å². The van der Waals surface area contributed by atoms with E-state index in [1.165, 1.54) is 0 Å². The molecule has 0 amide bonds. The number of carbonyl (C=O) groups is 2. The molecule has 0 aromatic rings. The fraction of sp³-hybridized carbons (Fsp3) is 0.750. The first-order valence-corrected chi connectivity index (χ1v) is 4.37. The van der Waals surface area contributed by atoms with Crippen LogP contribution in [0.25, 0.3) is 0 Å². The molecule has 0 bridgehead atoms. The first-order chi connectivity index (χ1) is 6.49. The van der Waals surface area contributed by atoms with Crippen LogP contribution in [0.4, 0.5) is 0 Å². The van der Waals surface area contributed by atoms with Crippen molar-refractivity contribution in [3.63, 3.8) is 0 Å². The summed E-state index contributed by atoms with van der Waals surface area (Å²) in [6.07, 6.45) is 1.15. The van der Waals surface area contributed by atoms with Gasteiger partial charge in [0.15, 0.2) is 0 Å². The van der Waals surface area contributed by atoms with Crippen LogP contribution in [0.2, 0.25) is 0 Å². The molecule has 0 heterocycles. The van der Waals surface area contributed by atoms with Gasteiger partial charge in [0, 0.05) is 0 Å². The second kappa shape index (κ2) is 6.33. The maximum Gasteiger partial charge on any atom is 0.320 e. The molecule has 0 aliphatic heterocycles. The Kier molecular flexibility index (Phi) is 5.82. The highest BCUT2D eigenvalue weighted by molar-refractivity contribution is 5.73. The monoisotopic (exact) mass is 204 g/mol. The number of hydrogen-bond acceptors (Lipinski definition) is 4.